The number of carbonyl (C=O) groups excluding carboxylic acids is 2. The van der Waals surface area contributed by atoms with Crippen LogP contribution in [0.3, 0.4) is 0 Å². The Hall–Kier alpha value is -4.00. The van der Waals surface area contributed by atoms with Gasteiger partial charge in [-0.05, 0) is 42.3 Å². The Morgan fingerprint density at radius 2 is 1.81 bits per heavy atom. The number of methoxy groups -OCH3 is 1. The predicted molar refractivity (Wildman–Crippen MR) is 122 cm³/mol. The summed E-state index contributed by atoms with van der Waals surface area (Å²) in [4.78, 5) is 26.3. The molecule has 3 N–H and O–H groups in total. The fraction of sp³-hybridized carbons (Fsp3) is 0.200. The minimum atomic E-state index is -0.573. The van der Waals surface area contributed by atoms with E-state index in [0.29, 0.717) is 23.6 Å². The maximum absolute atomic E-state index is 13.4. The van der Waals surface area contributed by atoms with E-state index in [1.54, 1.807) is 17.0 Å². The third-order valence-electron chi connectivity index (χ3n) is 5.37. The molecule has 1 aliphatic heterocycles. The quantitative estimate of drug-likeness (QED) is 0.596. The van der Waals surface area contributed by atoms with E-state index in [0.717, 1.165) is 22.4 Å². The first-order valence-electron chi connectivity index (χ1n) is 10.3. The summed E-state index contributed by atoms with van der Waals surface area (Å²) in [5, 5.41) is 3.48. The number of rotatable bonds is 7. The Kier molecular flexibility index (Phi) is 5.98. The van der Waals surface area contributed by atoms with Crippen LogP contribution in [0.4, 0.5) is 5.69 Å². The Morgan fingerprint density at radius 3 is 2.53 bits per heavy atom. The normalized spacial score (nSPS) is 15.0. The first kappa shape index (κ1) is 21.2. The average Bonchev–Trinajstić information content (AvgIpc) is 2.80. The number of nitrogens with two attached hydrogens (primary N) is 1. The molecular weight excluding hydrogens is 406 g/mol. The van der Waals surface area contributed by atoms with Crippen molar-refractivity contribution in [3.05, 3.63) is 89.0 Å². The molecule has 0 fully saturated rings. The molecule has 0 saturated carbocycles. The van der Waals surface area contributed by atoms with Crippen LogP contribution < -0.4 is 20.5 Å². The summed E-state index contributed by atoms with van der Waals surface area (Å²) in [5.41, 5.74) is 9.60. The number of para-hydroxylation sites is 1. The number of nitrogens with one attached hydrogen (secondary N) is 1. The molecule has 0 aliphatic carbocycles. The van der Waals surface area contributed by atoms with Crippen molar-refractivity contribution in [2.45, 2.75) is 19.6 Å². The predicted octanol–water partition coefficient (Wildman–Crippen LogP) is 3.63. The third-order valence-corrected chi connectivity index (χ3v) is 5.37. The van der Waals surface area contributed by atoms with Gasteiger partial charge in [0.05, 0.1) is 12.7 Å². The third kappa shape index (κ3) is 4.37. The molecule has 0 aromatic heterocycles. The molecule has 4 rings (SSSR count). The molecule has 1 aliphatic rings. The number of fused-ring (bicyclic) bond motifs is 1. The number of nitrogens with zero attached hydrogens (tertiary/aromatic N) is 1. The molecule has 0 unspecified atom stereocenters. The monoisotopic (exact) mass is 431 g/mol. The van der Waals surface area contributed by atoms with Gasteiger partial charge in [-0.3, -0.25) is 9.59 Å². The minimum Gasteiger partial charge on any atom is -0.493 e. The Labute approximate surface area is 186 Å². The molecule has 1 atom stereocenters. The number of amides is 2. The highest BCUT2D eigenvalue weighted by molar-refractivity contribution is 6.01. The molecule has 32 heavy (non-hydrogen) atoms. The summed E-state index contributed by atoms with van der Waals surface area (Å²) in [6.07, 6.45) is -0.419. The molecule has 3 aromatic carbocycles. The molecule has 0 radical (unpaired) electrons. The highest BCUT2D eigenvalue weighted by Crippen LogP contribution is 2.37. The summed E-state index contributed by atoms with van der Waals surface area (Å²) in [6, 6.07) is 21.0. The minimum absolute atomic E-state index is 0.0575. The lowest BCUT2D eigenvalue weighted by atomic mass is 10.0. The summed E-state index contributed by atoms with van der Waals surface area (Å²) in [5.74, 6) is 0.226. The average molecular weight is 431 g/mol. The van der Waals surface area contributed by atoms with Crippen molar-refractivity contribution in [1.29, 1.82) is 0 Å². The van der Waals surface area contributed by atoms with Gasteiger partial charge in [-0.25, -0.2) is 0 Å². The zero-order valence-corrected chi connectivity index (χ0v) is 18.0. The van der Waals surface area contributed by atoms with E-state index in [9.17, 15) is 9.59 Å². The second-order valence-corrected chi connectivity index (χ2v) is 7.68. The number of anilines is 1. The molecular formula is C25H25N3O4. The van der Waals surface area contributed by atoms with Gasteiger partial charge in [0.1, 0.15) is 6.17 Å². The van der Waals surface area contributed by atoms with Crippen molar-refractivity contribution in [2.24, 2.45) is 5.73 Å². The number of carbonyl (C=O) groups is 2. The molecule has 0 saturated heterocycles. The highest BCUT2D eigenvalue weighted by atomic mass is 16.5. The van der Waals surface area contributed by atoms with E-state index < -0.39 is 12.1 Å². The summed E-state index contributed by atoms with van der Waals surface area (Å²) in [7, 11) is 1.52. The van der Waals surface area contributed by atoms with Crippen LogP contribution in [0.2, 0.25) is 0 Å². The number of aryl methyl sites for hydroxylation is 1. The maximum atomic E-state index is 13.4. The standard InChI is InChI=1S/C25H25N3O4/c1-16-7-9-17(10-8-16)14-28-24(27-20-6-4-3-5-19(20)25(28)30)18-11-12-21(22(13-18)31-2)32-15-23(26)29/h3-13,24,27H,14-15H2,1-2H3,(H2,26,29)/t24-/m1/s1. The van der Waals surface area contributed by atoms with Crippen LogP contribution in [0.1, 0.15) is 33.2 Å². The lowest BCUT2D eigenvalue weighted by Crippen LogP contribution is -2.42. The van der Waals surface area contributed by atoms with Crippen molar-refractivity contribution in [2.75, 3.05) is 19.0 Å². The second kappa shape index (κ2) is 9.01. The van der Waals surface area contributed by atoms with E-state index in [1.165, 1.54) is 7.11 Å². The van der Waals surface area contributed by atoms with Gasteiger partial charge < -0.3 is 25.4 Å². The lowest BCUT2D eigenvalue weighted by molar-refractivity contribution is -0.119. The fourth-order valence-electron chi connectivity index (χ4n) is 3.73. The lowest BCUT2D eigenvalue weighted by Gasteiger charge is -2.38. The Morgan fingerprint density at radius 1 is 1.06 bits per heavy atom. The number of hydrogen-bond donors (Lipinski definition) is 2. The van der Waals surface area contributed by atoms with Crippen molar-refractivity contribution >= 4 is 17.5 Å². The van der Waals surface area contributed by atoms with E-state index in [2.05, 4.69) is 5.32 Å². The Balaban J connectivity index is 1.71. The molecule has 0 bridgehead atoms. The molecule has 3 aromatic rings. The van der Waals surface area contributed by atoms with Crippen LogP contribution >= 0.6 is 0 Å². The van der Waals surface area contributed by atoms with Crippen molar-refractivity contribution in [1.82, 2.24) is 4.90 Å². The van der Waals surface area contributed by atoms with Crippen LogP contribution in [-0.2, 0) is 11.3 Å². The van der Waals surface area contributed by atoms with Gasteiger partial charge in [0.25, 0.3) is 11.8 Å². The van der Waals surface area contributed by atoms with Crippen LogP contribution in [0.25, 0.3) is 0 Å². The van der Waals surface area contributed by atoms with Crippen LogP contribution in [0.15, 0.2) is 66.7 Å². The van der Waals surface area contributed by atoms with Gasteiger partial charge in [-0.15, -0.1) is 0 Å². The maximum Gasteiger partial charge on any atom is 0.258 e. The first-order valence-corrected chi connectivity index (χ1v) is 10.3. The van der Waals surface area contributed by atoms with E-state index in [4.69, 9.17) is 15.2 Å². The molecule has 2 amide bonds. The summed E-state index contributed by atoms with van der Waals surface area (Å²) in [6.45, 7) is 2.22. The van der Waals surface area contributed by atoms with E-state index >= 15 is 0 Å². The van der Waals surface area contributed by atoms with Crippen LogP contribution in [-0.4, -0.2) is 30.4 Å². The zero-order chi connectivity index (χ0) is 22.7. The van der Waals surface area contributed by atoms with Gasteiger partial charge in [-0.1, -0.05) is 48.0 Å². The SMILES string of the molecule is COc1cc([C@@H]2Nc3ccccc3C(=O)N2Cc2ccc(C)cc2)ccc1OCC(N)=O. The van der Waals surface area contributed by atoms with Gasteiger partial charge in [0.15, 0.2) is 18.1 Å². The van der Waals surface area contributed by atoms with Gasteiger partial charge >= 0.3 is 0 Å². The number of primary amides is 1. The van der Waals surface area contributed by atoms with Gasteiger partial charge in [0.2, 0.25) is 0 Å². The molecule has 7 heteroatoms. The highest BCUT2D eigenvalue weighted by Gasteiger charge is 2.33. The summed E-state index contributed by atoms with van der Waals surface area (Å²) >= 11 is 0. The molecule has 164 valence electrons. The smallest absolute Gasteiger partial charge is 0.258 e. The van der Waals surface area contributed by atoms with Gasteiger partial charge in [-0.2, -0.15) is 0 Å². The van der Waals surface area contributed by atoms with E-state index in [1.807, 2.05) is 61.5 Å². The van der Waals surface area contributed by atoms with Crippen LogP contribution in [0, 0.1) is 6.92 Å². The Bertz CT molecular complexity index is 1140. The van der Waals surface area contributed by atoms with Crippen molar-refractivity contribution < 1.29 is 19.1 Å². The molecule has 0 spiro atoms. The largest absolute Gasteiger partial charge is 0.493 e. The van der Waals surface area contributed by atoms with Gasteiger partial charge in [0, 0.05) is 12.2 Å². The molecule has 7 nitrogen and oxygen atoms in total. The number of hydrogen-bond acceptors (Lipinski definition) is 5. The van der Waals surface area contributed by atoms with E-state index in [-0.39, 0.29) is 12.5 Å². The number of benzene rings is 3. The second-order valence-electron chi connectivity index (χ2n) is 7.68. The summed E-state index contributed by atoms with van der Waals surface area (Å²) < 4.78 is 10.9. The van der Waals surface area contributed by atoms with Crippen molar-refractivity contribution in [3.63, 3.8) is 0 Å². The molecule has 1 heterocycles. The topological polar surface area (TPSA) is 93.9 Å². The zero-order valence-electron chi connectivity index (χ0n) is 18.0. The van der Waals surface area contributed by atoms with Crippen molar-refractivity contribution in [3.8, 4) is 11.5 Å². The first-order chi connectivity index (χ1) is 15.5. The van der Waals surface area contributed by atoms with Crippen LogP contribution in [0.5, 0.6) is 11.5 Å². The number of ether oxygens (including phenoxy) is 2. The fourth-order valence-corrected chi connectivity index (χ4v) is 3.73.